The summed E-state index contributed by atoms with van der Waals surface area (Å²) in [6.45, 7) is 17.2. The Morgan fingerprint density at radius 3 is 2.23 bits per heavy atom. The van der Waals surface area contributed by atoms with Crippen molar-refractivity contribution in [3.8, 4) is 0 Å². The van der Waals surface area contributed by atoms with Crippen molar-refractivity contribution in [3.05, 3.63) is 35.9 Å². The lowest BCUT2D eigenvalue weighted by Crippen LogP contribution is -2.50. The van der Waals surface area contributed by atoms with Gasteiger partial charge in [-0.2, -0.15) is 0 Å². The minimum atomic E-state index is -0.488. The van der Waals surface area contributed by atoms with Gasteiger partial charge in [-0.1, -0.05) is 30.3 Å². The Morgan fingerprint density at radius 1 is 0.975 bits per heavy atom. The zero-order chi connectivity index (χ0) is 29.0. The Labute approximate surface area is 240 Å². The number of benzene rings is 1. The molecule has 3 heterocycles. The van der Waals surface area contributed by atoms with E-state index in [1.54, 1.807) is 6.92 Å². The molecule has 2 unspecified atom stereocenters. The average molecular weight is 562 g/mol. The number of carbonyl (C=O) groups is 2. The van der Waals surface area contributed by atoms with Crippen LogP contribution in [0.15, 0.2) is 30.3 Å². The number of rotatable bonds is 7. The molecule has 3 aliphatic heterocycles. The third-order valence-corrected chi connectivity index (χ3v) is 7.41. The molecule has 2 amide bonds. The monoisotopic (exact) mass is 561 g/mol. The molecule has 10 nitrogen and oxygen atoms in total. The standard InChI is InChI=1S/C18H33N3O4.C12H18N2O/c1-14(22)21-7-5-15(6-8-21)12-20-9-10-24-16(13-20)11-19-17(23)25-18(2,3)4;13-8-12-10-14(6-7-15-12)9-11-4-2-1-3-5-11/h15-16H,5-13H2,1-4H3,(H,19,23);1-5,12H,6-10,13H2. The highest BCUT2D eigenvalue weighted by Crippen LogP contribution is 2.20. The Balaban J connectivity index is 0.000000249. The number of morpholine rings is 2. The van der Waals surface area contributed by atoms with Crippen molar-refractivity contribution in [2.45, 2.75) is 64.9 Å². The molecule has 0 saturated carbocycles. The molecule has 0 radical (unpaired) electrons. The van der Waals surface area contributed by atoms with E-state index in [-0.39, 0.29) is 18.1 Å². The highest BCUT2D eigenvalue weighted by molar-refractivity contribution is 5.73. The zero-order valence-corrected chi connectivity index (χ0v) is 25.0. The molecule has 0 bridgehead atoms. The van der Waals surface area contributed by atoms with E-state index < -0.39 is 11.7 Å². The molecule has 3 fully saturated rings. The smallest absolute Gasteiger partial charge is 0.407 e. The van der Waals surface area contributed by atoms with Crippen molar-refractivity contribution in [1.82, 2.24) is 20.0 Å². The molecule has 0 spiro atoms. The van der Waals surface area contributed by atoms with Crippen molar-refractivity contribution < 1.29 is 23.8 Å². The van der Waals surface area contributed by atoms with Crippen LogP contribution in [0.3, 0.4) is 0 Å². The van der Waals surface area contributed by atoms with Crippen LogP contribution in [0.2, 0.25) is 0 Å². The number of carbonyl (C=O) groups excluding carboxylic acids is 2. The predicted molar refractivity (Wildman–Crippen MR) is 156 cm³/mol. The van der Waals surface area contributed by atoms with Crippen molar-refractivity contribution >= 4 is 12.0 Å². The number of hydrogen-bond donors (Lipinski definition) is 2. The molecule has 40 heavy (non-hydrogen) atoms. The van der Waals surface area contributed by atoms with Crippen LogP contribution in [0.1, 0.15) is 46.1 Å². The van der Waals surface area contributed by atoms with Gasteiger partial charge in [-0.05, 0) is 45.1 Å². The van der Waals surface area contributed by atoms with Crippen molar-refractivity contribution in [1.29, 1.82) is 0 Å². The third-order valence-electron chi connectivity index (χ3n) is 7.41. The van der Waals surface area contributed by atoms with Gasteiger partial charge in [0.25, 0.3) is 0 Å². The van der Waals surface area contributed by atoms with E-state index in [4.69, 9.17) is 19.9 Å². The number of amides is 2. The van der Waals surface area contributed by atoms with Gasteiger partial charge in [-0.25, -0.2) is 4.79 Å². The number of nitrogens with zero attached hydrogens (tertiary/aromatic N) is 3. The quantitative estimate of drug-likeness (QED) is 0.522. The fraction of sp³-hybridized carbons (Fsp3) is 0.733. The highest BCUT2D eigenvalue weighted by atomic mass is 16.6. The zero-order valence-electron chi connectivity index (χ0n) is 25.0. The third kappa shape index (κ3) is 12.1. The van der Waals surface area contributed by atoms with Gasteiger partial charge in [0, 0.05) is 72.4 Å². The van der Waals surface area contributed by atoms with E-state index in [2.05, 4.69) is 39.4 Å². The first-order valence-electron chi connectivity index (χ1n) is 14.8. The normalized spacial score (nSPS) is 23.2. The first-order valence-corrected chi connectivity index (χ1v) is 14.8. The second-order valence-electron chi connectivity index (χ2n) is 12.0. The molecular formula is C30H51N5O5. The van der Waals surface area contributed by atoms with Crippen LogP contribution in [0.4, 0.5) is 4.79 Å². The van der Waals surface area contributed by atoms with E-state index >= 15 is 0 Å². The largest absolute Gasteiger partial charge is 0.444 e. The number of nitrogens with two attached hydrogens (primary N) is 1. The molecule has 3 saturated heterocycles. The summed E-state index contributed by atoms with van der Waals surface area (Å²) in [6.07, 6.45) is 1.95. The Hall–Kier alpha value is -2.24. The van der Waals surface area contributed by atoms with E-state index in [1.165, 1.54) is 5.56 Å². The van der Waals surface area contributed by atoms with Gasteiger partial charge in [-0.3, -0.25) is 14.6 Å². The molecular weight excluding hydrogens is 510 g/mol. The maximum absolute atomic E-state index is 11.8. The second-order valence-corrected chi connectivity index (χ2v) is 12.0. The van der Waals surface area contributed by atoms with Gasteiger partial charge in [0.05, 0.1) is 25.4 Å². The average Bonchev–Trinajstić information content (AvgIpc) is 2.93. The van der Waals surface area contributed by atoms with Gasteiger partial charge in [0.2, 0.25) is 5.91 Å². The number of hydrogen-bond acceptors (Lipinski definition) is 8. The summed E-state index contributed by atoms with van der Waals surface area (Å²) in [5, 5.41) is 2.79. The first-order chi connectivity index (χ1) is 19.1. The van der Waals surface area contributed by atoms with Crippen LogP contribution in [0.25, 0.3) is 0 Å². The topological polar surface area (TPSA) is 110 Å². The molecule has 226 valence electrons. The number of nitrogens with one attached hydrogen (secondary N) is 1. The molecule has 3 aliphatic rings. The number of likely N-dealkylation sites (tertiary alicyclic amines) is 1. The SMILES string of the molecule is CC(=O)N1CCC(CN2CCOC(CNC(=O)OC(C)(C)C)C2)CC1.NCC1CN(Cc2ccccc2)CCO1. The summed E-state index contributed by atoms with van der Waals surface area (Å²) >= 11 is 0. The van der Waals surface area contributed by atoms with E-state index in [1.807, 2.05) is 31.7 Å². The molecule has 10 heteroatoms. The molecule has 4 rings (SSSR count). The number of piperidine rings is 1. The van der Waals surface area contributed by atoms with Crippen molar-refractivity contribution in [2.24, 2.45) is 11.7 Å². The molecule has 3 N–H and O–H groups in total. The van der Waals surface area contributed by atoms with Crippen molar-refractivity contribution in [3.63, 3.8) is 0 Å². The lowest BCUT2D eigenvalue weighted by Gasteiger charge is -2.38. The van der Waals surface area contributed by atoms with E-state index in [0.29, 0.717) is 25.6 Å². The number of ether oxygens (including phenoxy) is 3. The lowest BCUT2D eigenvalue weighted by atomic mass is 9.96. The van der Waals surface area contributed by atoms with E-state index in [9.17, 15) is 9.59 Å². The van der Waals surface area contributed by atoms with Gasteiger partial charge in [0.1, 0.15) is 5.60 Å². The maximum atomic E-state index is 11.8. The minimum Gasteiger partial charge on any atom is -0.444 e. The molecule has 2 atom stereocenters. The maximum Gasteiger partial charge on any atom is 0.407 e. The highest BCUT2D eigenvalue weighted by Gasteiger charge is 2.27. The van der Waals surface area contributed by atoms with Crippen LogP contribution >= 0.6 is 0 Å². The molecule has 0 aromatic heterocycles. The summed E-state index contributed by atoms with van der Waals surface area (Å²) in [5.74, 6) is 0.811. The Morgan fingerprint density at radius 2 is 1.60 bits per heavy atom. The van der Waals surface area contributed by atoms with Crippen molar-refractivity contribution in [2.75, 3.05) is 72.1 Å². The van der Waals surface area contributed by atoms with Gasteiger partial charge in [-0.15, -0.1) is 0 Å². The fourth-order valence-corrected chi connectivity index (χ4v) is 5.28. The minimum absolute atomic E-state index is 0.00132. The van der Waals surface area contributed by atoms with Crippen LogP contribution in [-0.2, 0) is 25.5 Å². The van der Waals surface area contributed by atoms with Crippen LogP contribution in [-0.4, -0.2) is 117 Å². The number of alkyl carbamates (subject to hydrolysis) is 1. The van der Waals surface area contributed by atoms with Gasteiger partial charge < -0.3 is 30.2 Å². The fourth-order valence-electron chi connectivity index (χ4n) is 5.28. The summed E-state index contributed by atoms with van der Waals surface area (Å²) in [4.78, 5) is 29.9. The molecule has 1 aromatic carbocycles. The summed E-state index contributed by atoms with van der Waals surface area (Å²) in [5.41, 5.74) is 6.48. The van der Waals surface area contributed by atoms with Crippen LogP contribution < -0.4 is 11.1 Å². The Bertz CT molecular complexity index is 888. The van der Waals surface area contributed by atoms with Crippen LogP contribution in [0, 0.1) is 5.92 Å². The summed E-state index contributed by atoms with van der Waals surface area (Å²) in [6, 6.07) is 10.5. The summed E-state index contributed by atoms with van der Waals surface area (Å²) < 4.78 is 16.5. The summed E-state index contributed by atoms with van der Waals surface area (Å²) in [7, 11) is 0. The molecule has 0 aliphatic carbocycles. The Kier molecular flexibility index (Phi) is 13.1. The van der Waals surface area contributed by atoms with Crippen LogP contribution in [0.5, 0.6) is 0 Å². The van der Waals surface area contributed by atoms with Gasteiger partial charge in [0.15, 0.2) is 0 Å². The predicted octanol–water partition coefficient (Wildman–Crippen LogP) is 2.32. The first kappa shape index (κ1) is 32.3. The van der Waals surface area contributed by atoms with E-state index in [0.717, 1.165) is 71.8 Å². The second kappa shape index (κ2) is 16.3. The molecule has 1 aromatic rings. The van der Waals surface area contributed by atoms with Gasteiger partial charge >= 0.3 is 6.09 Å². The lowest BCUT2D eigenvalue weighted by molar-refractivity contribution is -0.130.